The number of hydrogen-bond donors (Lipinski definition) is 0. The molecule has 298 valence electrons. The van der Waals surface area contributed by atoms with E-state index in [2.05, 4.69) is 9.80 Å². The van der Waals surface area contributed by atoms with Gasteiger partial charge < -0.3 is 19.6 Å². The summed E-state index contributed by atoms with van der Waals surface area (Å²) >= 11 is 0. The smallest absolute Gasteiger partial charge is 0.368 e. The van der Waals surface area contributed by atoms with Crippen LogP contribution in [0.25, 0.3) is 6.08 Å². The van der Waals surface area contributed by atoms with Crippen molar-refractivity contribution in [1.82, 2.24) is 19.6 Å². The van der Waals surface area contributed by atoms with E-state index in [1.54, 1.807) is 28.9 Å². The number of nitrogens with zero attached hydrogens (tertiary/aromatic N) is 6. The van der Waals surface area contributed by atoms with Gasteiger partial charge in [0.25, 0.3) is 5.69 Å². The zero-order valence-electron chi connectivity index (χ0n) is 31.7. The Kier molecular flexibility index (Phi) is 13.0. The molecule has 3 amide bonds. The summed E-state index contributed by atoms with van der Waals surface area (Å²) in [6.07, 6.45) is -1.49. The first-order chi connectivity index (χ1) is 27.3. The summed E-state index contributed by atoms with van der Waals surface area (Å²) in [6, 6.07) is 27.3. The molecule has 0 bridgehead atoms. The van der Waals surface area contributed by atoms with E-state index in [0.717, 1.165) is 34.5 Å². The van der Waals surface area contributed by atoms with Gasteiger partial charge >= 0.3 is 6.18 Å². The van der Waals surface area contributed by atoms with Gasteiger partial charge in [-0.3, -0.25) is 29.4 Å². The van der Waals surface area contributed by atoms with Crippen molar-refractivity contribution >= 4 is 35.2 Å². The van der Waals surface area contributed by atoms with Crippen LogP contribution in [-0.2, 0) is 40.1 Å². The zero-order valence-corrected chi connectivity index (χ0v) is 31.7. The van der Waals surface area contributed by atoms with E-state index in [4.69, 9.17) is 0 Å². The van der Waals surface area contributed by atoms with E-state index in [0.29, 0.717) is 64.5 Å². The van der Waals surface area contributed by atoms with Crippen LogP contribution >= 0.6 is 0 Å². The van der Waals surface area contributed by atoms with E-state index in [1.165, 1.54) is 36.4 Å². The molecule has 0 saturated carbocycles. The predicted molar refractivity (Wildman–Crippen MR) is 211 cm³/mol. The Balaban J connectivity index is 1.24. The lowest BCUT2D eigenvalue weighted by Crippen LogP contribution is -2.56. The first kappa shape index (κ1) is 40.6. The highest BCUT2D eigenvalue weighted by Gasteiger charge is 2.34. The van der Waals surface area contributed by atoms with Crippen LogP contribution in [0.4, 0.5) is 24.5 Å². The topological polar surface area (TPSA) is 111 Å². The molecule has 14 heteroatoms. The Hall–Kier alpha value is -6.02. The van der Waals surface area contributed by atoms with Gasteiger partial charge in [0.1, 0.15) is 6.04 Å². The third kappa shape index (κ3) is 10.8. The molecule has 2 heterocycles. The summed E-state index contributed by atoms with van der Waals surface area (Å²) in [5.74, 6) is -0.638. The van der Waals surface area contributed by atoms with Crippen molar-refractivity contribution in [2.24, 2.45) is 0 Å². The number of anilines is 1. The van der Waals surface area contributed by atoms with E-state index in [1.807, 2.05) is 59.5 Å². The number of halogens is 3. The van der Waals surface area contributed by atoms with Crippen molar-refractivity contribution < 1.29 is 32.5 Å². The third-order valence-electron chi connectivity index (χ3n) is 10.5. The number of nitro benzene ring substituents is 1. The summed E-state index contributed by atoms with van der Waals surface area (Å²) in [5, 5.41) is 11.1. The Morgan fingerprint density at radius 3 is 1.93 bits per heavy atom. The van der Waals surface area contributed by atoms with Crippen LogP contribution in [0.15, 0.2) is 109 Å². The van der Waals surface area contributed by atoms with Crippen molar-refractivity contribution in [3.05, 3.63) is 147 Å². The maximum absolute atomic E-state index is 14.6. The number of rotatable bonds is 12. The van der Waals surface area contributed by atoms with E-state index >= 15 is 0 Å². The van der Waals surface area contributed by atoms with Crippen LogP contribution < -0.4 is 4.90 Å². The lowest BCUT2D eigenvalue weighted by molar-refractivity contribution is -0.384. The van der Waals surface area contributed by atoms with Crippen LogP contribution in [0, 0.1) is 10.1 Å². The van der Waals surface area contributed by atoms with Gasteiger partial charge in [0.2, 0.25) is 17.7 Å². The fraction of sp³-hybridized carbons (Fsp3) is 0.326. The molecule has 0 aliphatic carbocycles. The number of hydrogen-bond acceptors (Lipinski definition) is 7. The number of piperazine rings is 2. The van der Waals surface area contributed by atoms with Crippen LogP contribution in [-0.4, -0.2) is 101 Å². The highest BCUT2D eigenvalue weighted by molar-refractivity contribution is 5.96. The van der Waals surface area contributed by atoms with Crippen LogP contribution in [0.2, 0.25) is 0 Å². The van der Waals surface area contributed by atoms with Gasteiger partial charge in [-0.05, 0) is 52.6 Å². The first-order valence-corrected chi connectivity index (χ1v) is 18.9. The summed E-state index contributed by atoms with van der Waals surface area (Å²) in [7, 11) is 0. The van der Waals surface area contributed by atoms with Crippen molar-refractivity contribution in [3.63, 3.8) is 0 Å². The molecule has 11 nitrogen and oxygen atoms in total. The minimum Gasteiger partial charge on any atom is -0.368 e. The monoisotopic (exact) mass is 782 g/mol. The van der Waals surface area contributed by atoms with Gasteiger partial charge in [0.05, 0.1) is 10.5 Å². The molecule has 4 aromatic rings. The molecule has 6 rings (SSSR count). The molecule has 57 heavy (non-hydrogen) atoms. The Morgan fingerprint density at radius 2 is 1.35 bits per heavy atom. The maximum atomic E-state index is 14.6. The molecule has 2 saturated heterocycles. The van der Waals surface area contributed by atoms with Crippen LogP contribution in [0.1, 0.15) is 34.7 Å². The van der Waals surface area contributed by atoms with Crippen molar-refractivity contribution in [2.45, 2.75) is 38.7 Å². The molecular weight excluding hydrogens is 738 g/mol. The number of carbonyl (C=O) groups is 3. The number of alkyl halides is 3. The molecule has 0 aromatic heterocycles. The van der Waals surface area contributed by atoms with Crippen LogP contribution in [0.3, 0.4) is 0 Å². The number of nitro groups is 1. The lowest BCUT2D eigenvalue weighted by atomic mass is 10.0. The lowest BCUT2D eigenvalue weighted by Gasteiger charge is -2.39. The second-order valence-electron chi connectivity index (χ2n) is 14.3. The maximum Gasteiger partial charge on any atom is 0.416 e. The highest BCUT2D eigenvalue weighted by atomic mass is 19.4. The van der Waals surface area contributed by atoms with E-state index < -0.39 is 28.6 Å². The van der Waals surface area contributed by atoms with Crippen LogP contribution in [0.5, 0.6) is 0 Å². The molecule has 2 aliphatic heterocycles. The summed E-state index contributed by atoms with van der Waals surface area (Å²) < 4.78 is 39.7. The number of benzene rings is 4. The second-order valence-corrected chi connectivity index (χ2v) is 14.3. The fourth-order valence-corrected chi connectivity index (χ4v) is 7.16. The second kappa shape index (κ2) is 18.3. The molecule has 0 spiro atoms. The Morgan fingerprint density at radius 1 is 0.754 bits per heavy atom. The largest absolute Gasteiger partial charge is 0.416 e. The highest BCUT2D eigenvalue weighted by Crippen LogP contribution is 2.29. The first-order valence-electron chi connectivity index (χ1n) is 18.9. The van der Waals surface area contributed by atoms with Crippen molar-refractivity contribution in [1.29, 1.82) is 0 Å². The van der Waals surface area contributed by atoms with Gasteiger partial charge in [0, 0.05) is 103 Å². The molecule has 0 unspecified atom stereocenters. The number of carbonyl (C=O) groups excluding carboxylic acids is 3. The molecule has 2 fully saturated rings. The number of amides is 3. The zero-order chi connectivity index (χ0) is 40.5. The molecule has 0 N–H and O–H groups in total. The minimum absolute atomic E-state index is 0.0204. The van der Waals surface area contributed by atoms with E-state index in [9.17, 15) is 37.7 Å². The normalized spacial score (nSPS) is 15.8. The minimum atomic E-state index is -4.49. The standard InChI is InChI=1S/C43H45F3N6O5/c1-32(53)48-25-27-49(28-26-48)38-16-9-36(10-17-38)31-51(41(54)20-13-33-7-14-37(15-8-33)43(44,45)46)40(29-34-5-3-2-4-6-34)42(55)50-23-21-47(22-24-50)30-35-11-18-39(19-12-35)52(56)57/h2-20,40H,21-31H2,1H3/t40-/m0/s1. The van der Waals surface area contributed by atoms with Gasteiger partial charge in [-0.15, -0.1) is 0 Å². The van der Waals surface area contributed by atoms with Crippen molar-refractivity contribution in [2.75, 3.05) is 57.3 Å². The summed E-state index contributed by atoms with van der Waals surface area (Å²) in [5.41, 5.74) is 3.17. The summed E-state index contributed by atoms with van der Waals surface area (Å²) in [6.45, 7) is 6.79. The van der Waals surface area contributed by atoms with Gasteiger partial charge in [-0.1, -0.05) is 66.7 Å². The average molecular weight is 783 g/mol. The molecule has 4 aromatic carbocycles. The third-order valence-corrected chi connectivity index (χ3v) is 10.5. The summed E-state index contributed by atoms with van der Waals surface area (Å²) in [4.78, 5) is 60.9. The quantitative estimate of drug-likeness (QED) is 0.0946. The average Bonchev–Trinajstić information content (AvgIpc) is 3.22. The molecule has 2 aliphatic rings. The van der Waals surface area contributed by atoms with Gasteiger partial charge in [-0.25, -0.2) is 0 Å². The Bertz CT molecular complexity index is 2030. The van der Waals surface area contributed by atoms with Crippen molar-refractivity contribution in [3.8, 4) is 0 Å². The number of non-ortho nitro benzene ring substituents is 1. The Labute approximate surface area is 329 Å². The molecule has 0 radical (unpaired) electrons. The SMILES string of the molecule is CC(=O)N1CCN(c2ccc(CN(C(=O)C=Cc3ccc(C(F)(F)F)cc3)[C@@H](Cc3ccccc3)C(=O)N3CCN(Cc4ccc([N+](=O)[O-])cc4)CC3)cc2)CC1. The fourth-order valence-electron chi connectivity index (χ4n) is 7.16. The molecule has 1 atom stereocenters. The van der Waals surface area contributed by atoms with E-state index in [-0.39, 0.29) is 30.5 Å². The van der Waals surface area contributed by atoms with Gasteiger partial charge in [-0.2, -0.15) is 13.2 Å². The molecular formula is C43H45F3N6O5. The van der Waals surface area contributed by atoms with Gasteiger partial charge in [0.15, 0.2) is 0 Å². The predicted octanol–water partition coefficient (Wildman–Crippen LogP) is 6.28.